The quantitative estimate of drug-likeness (QED) is 0.713. The molecular weight excluding hydrogens is 332 g/mol. The van der Waals surface area contributed by atoms with Gasteiger partial charge in [-0.3, -0.25) is 0 Å². The van der Waals surface area contributed by atoms with Crippen molar-refractivity contribution in [3.63, 3.8) is 0 Å². The van der Waals surface area contributed by atoms with Crippen LogP contribution in [0.4, 0.5) is 26.3 Å². The first-order valence-corrected chi connectivity index (χ1v) is 7.14. The first-order chi connectivity index (χ1) is 11.1. The summed E-state index contributed by atoms with van der Waals surface area (Å²) in [5, 5.41) is 2.94. The van der Waals surface area contributed by atoms with Crippen molar-refractivity contribution in [2.75, 3.05) is 0 Å². The van der Waals surface area contributed by atoms with Gasteiger partial charge in [0.05, 0.1) is 11.1 Å². The fourth-order valence-electron chi connectivity index (χ4n) is 2.21. The molecule has 130 valence electrons. The van der Waals surface area contributed by atoms with Crippen LogP contribution in [0.25, 0.3) is 0 Å². The van der Waals surface area contributed by atoms with Crippen LogP contribution in [-0.4, -0.2) is 0 Å². The average Bonchev–Trinajstić information content (AvgIpc) is 2.51. The summed E-state index contributed by atoms with van der Waals surface area (Å²) in [5.41, 5.74) is -1.79. The summed E-state index contributed by atoms with van der Waals surface area (Å²) in [4.78, 5) is 0. The van der Waals surface area contributed by atoms with Crippen molar-refractivity contribution in [1.82, 2.24) is 5.32 Å². The van der Waals surface area contributed by atoms with Gasteiger partial charge in [0.25, 0.3) is 0 Å². The van der Waals surface area contributed by atoms with Gasteiger partial charge in [-0.2, -0.15) is 26.3 Å². The molecule has 1 N–H and O–H groups in total. The molecule has 24 heavy (non-hydrogen) atoms. The van der Waals surface area contributed by atoms with E-state index in [9.17, 15) is 26.3 Å². The highest BCUT2D eigenvalue weighted by molar-refractivity contribution is 5.35. The van der Waals surface area contributed by atoms with Crippen LogP contribution in [0.3, 0.4) is 0 Å². The monoisotopic (exact) mass is 347 g/mol. The molecule has 0 spiro atoms. The molecule has 0 fully saturated rings. The van der Waals surface area contributed by atoms with Crippen molar-refractivity contribution in [1.29, 1.82) is 0 Å². The molecule has 2 aromatic carbocycles. The molecule has 7 heteroatoms. The minimum absolute atomic E-state index is 0.0620. The molecule has 0 amide bonds. The van der Waals surface area contributed by atoms with E-state index in [4.69, 9.17) is 0 Å². The Balaban J connectivity index is 2.27. The normalized spacial score (nSPS) is 13.8. The maximum absolute atomic E-state index is 12.9. The predicted molar refractivity (Wildman–Crippen MR) is 78.1 cm³/mol. The lowest BCUT2D eigenvalue weighted by Crippen LogP contribution is -2.20. The molecule has 0 aromatic heterocycles. The second kappa shape index (κ2) is 6.84. The fraction of sp³-hybridized carbons (Fsp3) is 0.294. The zero-order chi connectivity index (χ0) is 18.0. The number of nitrogens with one attached hydrogen (secondary N) is 1. The Labute approximate surface area is 135 Å². The van der Waals surface area contributed by atoms with E-state index in [1.165, 1.54) is 6.92 Å². The van der Waals surface area contributed by atoms with E-state index in [0.29, 0.717) is 6.54 Å². The van der Waals surface area contributed by atoms with E-state index in [2.05, 4.69) is 5.32 Å². The number of hydrogen-bond donors (Lipinski definition) is 1. The Morgan fingerprint density at radius 2 is 1.33 bits per heavy atom. The topological polar surface area (TPSA) is 12.0 Å². The van der Waals surface area contributed by atoms with Gasteiger partial charge < -0.3 is 5.32 Å². The highest BCUT2D eigenvalue weighted by Gasteiger charge is 2.37. The van der Waals surface area contributed by atoms with Gasteiger partial charge in [-0.25, -0.2) is 0 Å². The molecule has 0 aliphatic carbocycles. The van der Waals surface area contributed by atoms with Gasteiger partial charge in [0.1, 0.15) is 0 Å². The van der Waals surface area contributed by atoms with Gasteiger partial charge >= 0.3 is 12.4 Å². The molecule has 0 radical (unpaired) electrons. The molecule has 0 heterocycles. The lowest BCUT2D eigenvalue weighted by atomic mass is 10.00. The highest BCUT2D eigenvalue weighted by Crippen LogP contribution is 2.37. The molecule has 2 rings (SSSR count). The third-order valence-corrected chi connectivity index (χ3v) is 3.57. The van der Waals surface area contributed by atoms with Crippen LogP contribution in [0, 0.1) is 0 Å². The number of halogens is 6. The van der Waals surface area contributed by atoms with Gasteiger partial charge in [0.2, 0.25) is 0 Å². The molecule has 0 aliphatic rings. The lowest BCUT2D eigenvalue weighted by molar-refractivity contribution is -0.143. The van der Waals surface area contributed by atoms with Crippen molar-refractivity contribution in [2.45, 2.75) is 31.9 Å². The van der Waals surface area contributed by atoms with Crippen molar-refractivity contribution in [3.8, 4) is 0 Å². The Morgan fingerprint density at radius 3 is 1.79 bits per heavy atom. The zero-order valence-corrected chi connectivity index (χ0v) is 12.7. The molecular formula is C17H15F6N. The van der Waals surface area contributed by atoms with Crippen LogP contribution in [0.5, 0.6) is 0 Å². The first kappa shape index (κ1) is 18.3. The number of alkyl halides is 6. The predicted octanol–water partition coefficient (Wildman–Crippen LogP) is 5.58. The molecule has 0 aliphatic heterocycles. The third-order valence-electron chi connectivity index (χ3n) is 3.57. The summed E-state index contributed by atoms with van der Waals surface area (Å²) in [6.45, 7) is 1.86. The van der Waals surface area contributed by atoms with Crippen LogP contribution in [-0.2, 0) is 18.9 Å². The third kappa shape index (κ3) is 4.74. The highest BCUT2D eigenvalue weighted by atomic mass is 19.4. The summed E-state index contributed by atoms with van der Waals surface area (Å²) in [6, 6.07) is 9.99. The van der Waals surface area contributed by atoms with Crippen LogP contribution in [0.15, 0.2) is 48.5 Å². The van der Waals surface area contributed by atoms with Gasteiger partial charge in [-0.05, 0) is 36.2 Å². The summed E-state index contributed by atoms with van der Waals surface area (Å²) in [5.74, 6) is 0. The zero-order valence-electron chi connectivity index (χ0n) is 12.7. The average molecular weight is 347 g/mol. The van der Waals surface area contributed by atoms with Crippen molar-refractivity contribution in [3.05, 3.63) is 70.8 Å². The summed E-state index contributed by atoms with van der Waals surface area (Å²) in [7, 11) is 0. The Morgan fingerprint density at radius 1 is 0.833 bits per heavy atom. The summed E-state index contributed by atoms with van der Waals surface area (Å²) >= 11 is 0. The van der Waals surface area contributed by atoms with Crippen molar-refractivity contribution in [2.24, 2.45) is 0 Å². The van der Waals surface area contributed by atoms with Crippen LogP contribution < -0.4 is 5.32 Å². The maximum atomic E-state index is 12.9. The van der Waals surface area contributed by atoms with Gasteiger partial charge in [0.15, 0.2) is 0 Å². The Hall–Kier alpha value is -2.02. The Bertz CT molecular complexity index is 643. The molecule has 0 saturated carbocycles. The summed E-state index contributed by atoms with van der Waals surface area (Å²) in [6.07, 6.45) is -9.68. The van der Waals surface area contributed by atoms with Gasteiger partial charge in [0, 0.05) is 12.6 Å². The van der Waals surface area contributed by atoms with E-state index in [1.807, 2.05) is 18.2 Å². The molecule has 0 saturated heterocycles. The second-order valence-electron chi connectivity index (χ2n) is 5.43. The van der Waals surface area contributed by atoms with E-state index in [1.54, 1.807) is 12.1 Å². The molecule has 2 aromatic rings. The molecule has 0 bridgehead atoms. The van der Waals surface area contributed by atoms with Crippen LogP contribution in [0.1, 0.15) is 35.2 Å². The SMILES string of the molecule is CC(NCc1ccccc1)c1cc(C(F)(F)F)cc(C(F)(F)F)c1. The Kier molecular flexibility index (Phi) is 5.22. The van der Waals surface area contributed by atoms with E-state index in [0.717, 1.165) is 17.7 Å². The lowest BCUT2D eigenvalue weighted by Gasteiger charge is -2.19. The number of hydrogen-bond acceptors (Lipinski definition) is 1. The largest absolute Gasteiger partial charge is 0.416 e. The molecule has 1 nitrogen and oxygen atoms in total. The van der Waals surface area contributed by atoms with Crippen molar-refractivity contribution >= 4 is 0 Å². The van der Waals surface area contributed by atoms with Crippen LogP contribution in [0.2, 0.25) is 0 Å². The number of benzene rings is 2. The van der Waals surface area contributed by atoms with E-state index < -0.39 is 29.5 Å². The molecule has 1 atom stereocenters. The minimum Gasteiger partial charge on any atom is -0.306 e. The molecule has 1 unspecified atom stereocenters. The second-order valence-corrected chi connectivity index (χ2v) is 5.43. The standard InChI is InChI=1S/C17H15F6N/c1-11(24-10-12-5-3-2-4-6-12)13-7-14(16(18,19)20)9-15(8-13)17(21,22)23/h2-9,11,24H,10H2,1H3. The summed E-state index contributed by atoms with van der Waals surface area (Å²) < 4.78 is 77.2. The smallest absolute Gasteiger partial charge is 0.306 e. The first-order valence-electron chi connectivity index (χ1n) is 7.14. The van der Waals surface area contributed by atoms with E-state index in [-0.39, 0.29) is 11.6 Å². The van der Waals surface area contributed by atoms with E-state index >= 15 is 0 Å². The maximum Gasteiger partial charge on any atom is 0.416 e. The minimum atomic E-state index is -4.84. The van der Waals surface area contributed by atoms with Gasteiger partial charge in [-0.1, -0.05) is 30.3 Å². The number of rotatable bonds is 4. The fourth-order valence-corrected chi connectivity index (χ4v) is 2.21. The van der Waals surface area contributed by atoms with Crippen LogP contribution >= 0.6 is 0 Å². The van der Waals surface area contributed by atoms with Crippen molar-refractivity contribution < 1.29 is 26.3 Å². The van der Waals surface area contributed by atoms with Gasteiger partial charge in [-0.15, -0.1) is 0 Å².